The number of nitrogens with zero attached hydrogens (tertiary/aromatic N) is 2. The molecule has 5 nitrogen and oxygen atoms in total. The van der Waals surface area contributed by atoms with E-state index in [1.54, 1.807) is 10.9 Å². The third-order valence-electron chi connectivity index (χ3n) is 3.09. The average Bonchev–Trinajstić information content (AvgIpc) is 2.84. The Balaban J connectivity index is 1.86. The molecule has 88 valence electrons. The molecular weight excluding hydrogens is 206 g/mol. The molecule has 0 saturated carbocycles. The quantitative estimate of drug-likeness (QED) is 0.773. The van der Waals surface area contributed by atoms with Crippen LogP contribution in [0.3, 0.4) is 0 Å². The lowest BCUT2D eigenvalue weighted by molar-refractivity contribution is -0.123. The van der Waals surface area contributed by atoms with E-state index in [1.807, 2.05) is 13.1 Å². The van der Waals surface area contributed by atoms with Crippen molar-refractivity contribution in [1.82, 2.24) is 9.78 Å². The molecule has 5 heteroatoms. The first-order chi connectivity index (χ1) is 7.68. The second-order valence-electron chi connectivity index (χ2n) is 4.22. The van der Waals surface area contributed by atoms with Gasteiger partial charge in [-0.3, -0.25) is 9.48 Å². The summed E-state index contributed by atoms with van der Waals surface area (Å²) in [6, 6.07) is 1.80. The van der Waals surface area contributed by atoms with Gasteiger partial charge in [0.2, 0.25) is 0 Å². The van der Waals surface area contributed by atoms with Gasteiger partial charge in [-0.25, -0.2) is 0 Å². The van der Waals surface area contributed by atoms with E-state index < -0.39 is 0 Å². The molecule has 1 aromatic rings. The average molecular weight is 223 g/mol. The molecule has 2 unspecified atom stereocenters. The second-order valence-corrected chi connectivity index (χ2v) is 4.22. The first-order valence-electron chi connectivity index (χ1n) is 5.51. The second kappa shape index (κ2) is 4.76. The summed E-state index contributed by atoms with van der Waals surface area (Å²) < 4.78 is 6.98. The van der Waals surface area contributed by atoms with Crippen LogP contribution in [0.2, 0.25) is 0 Å². The number of ether oxygens (including phenoxy) is 1. The van der Waals surface area contributed by atoms with Gasteiger partial charge in [0.15, 0.2) is 0 Å². The van der Waals surface area contributed by atoms with Crippen LogP contribution in [0.5, 0.6) is 0 Å². The van der Waals surface area contributed by atoms with Crippen molar-refractivity contribution in [2.24, 2.45) is 18.7 Å². The van der Waals surface area contributed by atoms with Crippen LogP contribution in [-0.2, 0) is 23.0 Å². The van der Waals surface area contributed by atoms with Crippen LogP contribution in [-0.4, -0.2) is 34.8 Å². The highest BCUT2D eigenvalue weighted by atomic mass is 16.5. The fourth-order valence-corrected chi connectivity index (χ4v) is 1.99. The molecule has 2 rings (SSSR count). The number of carbonyl (C=O) groups is 1. The molecule has 2 N–H and O–H groups in total. The number of aromatic nitrogens is 2. The topological polar surface area (TPSA) is 70.1 Å². The summed E-state index contributed by atoms with van der Waals surface area (Å²) in [6.45, 7) is 0.980. The SMILES string of the molecule is Cn1nccc1CCC(=O)C1COCC1N. The van der Waals surface area contributed by atoms with Crippen molar-refractivity contribution >= 4 is 5.78 Å². The van der Waals surface area contributed by atoms with Crippen molar-refractivity contribution in [3.05, 3.63) is 18.0 Å². The molecule has 1 aliphatic rings. The third-order valence-corrected chi connectivity index (χ3v) is 3.09. The third kappa shape index (κ3) is 2.31. The number of carbonyl (C=O) groups excluding carboxylic acids is 1. The lowest BCUT2D eigenvalue weighted by Gasteiger charge is -2.11. The molecule has 0 amide bonds. The summed E-state index contributed by atoms with van der Waals surface area (Å²) in [5.41, 5.74) is 6.87. The maximum absolute atomic E-state index is 11.9. The predicted molar refractivity (Wildman–Crippen MR) is 58.8 cm³/mol. The molecular formula is C11H17N3O2. The normalized spacial score (nSPS) is 24.9. The summed E-state index contributed by atoms with van der Waals surface area (Å²) in [5.74, 6) is 0.0828. The van der Waals surface area contributed by atoms with Gasteiger partial charge in [0.1, 0.15) is 5.78 Å². The van der Waals surface area contributed by atoms with Crippen LogP contribution in [0, 0.1) is 5.92 Å². The van der Waals surface area contributed by atoms with Gasteiger partial charge < -0.3 is 10.5 Å². The Morgan fingerprint density at radius 1 is 1.69 bits per heavy atom. The Hall–Kier alpha value is -1.20. The minimum Gasteiger partial charge on any atom is -0.379 e. The molecule has 0 spiro atoms. The van der Waals surface area contributed by atoms with Crippen LogP contribution in [0.25, 0.3) is 0 Å². The Bertz CT molecular complexity index is 375. The van der Waals surface area contributed by atoms with E-state index in [0.717, 1.165) is 12.1 Å². The molecule has 0 bridgehead atoms. The molecule has 0 aliphatic carbocycles. The van der Waals surface area contributed by atoms with Crippen molar-refractivity contribution in [3.8, 4) is 0 Å². The van der Waals surface area contributed by atoms with Crippen LogP contribution >= 0.6 is 0 Å². The Labute approximate surface area is 94.6 Å². The predicted octanol–water partition coefficient (Wildman–Crippen LogP) is -0.104. The van der Waals surface area contributed by atoms with Crippen molar-refractivity contribution < 1.29 is 9.53 Å². The van der Waals surface area contributed by atoms with Gasteiger partial charge in [-0.2, -0.15) is 5.10 Å². The fourth-order valence-electron chi connectivity index (χ4n) is 1.99. The molecule has 1 saturated heterocycles. The number of nitrogens with two attached hydrogens (primary N) is 1. The molecule has 0 radical (unpaired) electrons. The molecule has 2 heterocycles. The first kappa shape index (κ1) is 11.3. The lowest BCUT2D eigenvalue weighted by Crippen LogP contribution is -2.34. The zero-order chi connectivity index (χ0) is 11.5. The van der Waals surface area contributed by atoms with Gasteiger partial charge >= 0.3 is 0 Å². The van der Waals surface area contributed by atoms with Crippen molar-refractivity contribution in [2.45, 2.75) is 18.9 Å². The number of hydrogen-bond acceptors (Lipinski definition) is 4. The summed E-state index contributed by atoms with van der Waals surface area (Å²) in [7, 11) is 1.88. The van der Waals surface area contributed by atoms with Crippen LogP contribution in [0.15, 0.2) is 12.3 Å². The summed E-state index contributed by atoms with van der Waals surface area (Å²) in [5, 5.41) is 4.06. The minimum absolute atomic E-state index is 0.117. The van der Waals surface area contributed by atoms with Gasteiger partial charge in [0.25, 0.3) is 0 Å². The Morgan fingerprint density at radius 3 is 3.06 bits per heavy atom. The number of ketones is 1. The summed E-state index contributed by atoms with van der Waals surface area (Å²) >= 11 is 0. The standard InChI is InChI=1S/C11H17N3O2/c1-14-8(4-5-13-14)2-3-11(15)9-6-16-7-10(9)12/h4-5,9-10H,2-3,6-7,12H2,1H3. The van der Waals surface area contributed by atoms with E-state index >= 15 is 0 Å². The molecule has 16 heavy (non-hydrogen) atoms. The van der Waals surface area contributed by atoms with Crippen LogP contribution in [0.4, 0.5) is 0 Å². The Kier molecular flexibility index (Phi) is 3.36. The summed E-state index contributed by atoms with van der Waals surface area (Å²) in [6.07, 6.45) is 2.98. The summed E-state index contributed by atoms with van der Waals surface area (Å²) in [4.78, 5) is 11.9. The number of rotatable bonds is 4. The largest absolute Gasteiger partial charge is 0.379 e. The number of Topliss-reactive ketones (excluding diaryl/α,β-unsaturated/α-hetero) is 1. The van der Waals surface area contributed by atoms with E-state index in [-0.39, 0.29) is 17.7 Å². The van der Waals surface area contributed by atoms with Gasteiger partial charge in [-0.1, -0.05) is 0 Å². The molecule has 1 fully saturated rings. The van der Waals surface area contributed by atoms with Gasteiger partial charge in [-0.05, 0) is 12.5 Å². The van der Waals surface area contributed by atoms with E-state index in [0.29, 0.717) is 19.6 Å². The molecule has 1 aliphatic heterocycles. The molecule has 0 aromatic carbocycles. The fraction of sp³-hybridized carbons (Fsp3) is 0.636. The monoisotopic (exact) mass is 223 g/mol. The van der Waals surface area contributed by atoms with Crippen molar-refractivity contribution in [1.29, 1.82) is 0 Å². The van der Waals surface area contributed by atoms with E-state index in [4.69, 9.17) is 10.5 Å². The number of aryl methyl sites for hydroxylation is 2. The van der Waals surface area contributed by atoms with Crippen LogP contribution in [0.1, 0.15) is 12.1 Å². The highest BCUT2D eigenvalue weighted by Gasteiger charge is 2.30. The highest BCUT2D eigenvalue weighted by molar-refractivity contribution is 5.82. The van der Waals surface area contributed by atoms with E-state index in [1.165, 1.54) is 0 Å². The molecule has 2 atom stereocenters. The minimum atomic E-state index is -0.126. The van der Waals surface area contributed by atoms with E-state index in [2.05, 4.69) is 5.10 Å². The van der Waals surface area contributed by atoms with E-state index in [9.17, 15) is 4.79 Å². The zero-order valence-corrected chi connectivity index (χ0v) is 9.43. The molecule has 1 aromatic heterocycles. The first-order valence-corrected chi connectivity index (χ1v) is 5.51. The Morgan fingerprint density at radius 2 is 2.50 bits per heavy atom. The van der Waals surface area contributed by atoms with Gasteiger partial charge in [0, 0.05) is 31.4 Å². The van der Waals surface area contributed by atoms with Crippen molar-refractivity contribution in [3.63, 3.8) is 0 Å². The van der Waals surface area contributed by atoms with Gasteiger partial charge in [-0.15, -0.1) is 0 Å². The van der Waals surface area contributed by atoms with Crippen molar-refractivity contribution in [2.75, 3.05) is 13.2 Å². The maximum atomic E-state index is 11.9. The highest BCUT2D eigenvalue weighted by Crippen LogP contribution is 2.15. The lowest BCUT2D eigenvalue weighted by atomic mass is 9.95. The maximum Gasteiger partial charge on any atom is 0.140 e. The van der Waals surface area contributed by atoms with Gasteiger partial charge in [0.05, 0.1) is 19.1 Å². The number of hydrogen-bond donors (Lipinski definition) is 1. The zero-order valence-electron chi connectivity index (χ0n) is 9.43. The van der Waals surface area contributed by atoms with Crippen LogP contribution < -0.4 is 5.73 Å². The smallest absolute Gasteiger partial charge is 0.140 e.